The molecule has 0 spiro atoms. The highest BCUT2D eigenvalue weighted by atomic mass is 16.6. The van der Waals surface area contributed by atoms with Crippen molar-refractivity contribution in [1.82, 2.24) is 5.32 Å². The molecule has 0 bridgehead atoms. The predicted octanol–water partition coefficient (Wildman–Crippen LogP) is 3.89. The third kappa shape index (κ3) is 7.73. The third-order valence-corrected chi connectivity index (χ3v) is 6.05. The minimum atomic E-state index is -0.979. The quantitative estimate of drug-likeness (QED) is 0.226. The molecule has 0 radical (unpaired) electrons. The summed E-state index contributed by atoms with van der Waals surface area (Å²) >= 11 is 0. The zero-order chi connectivity index (χ0) is 29.1. The van der Waals surface area contributed by atoms with Crippen LogP contribution in [0.25, 0.3) is 11.1 Å². The molecule has 3 aromatic carbocycles. The highest BCUT2D eigenvalue weighted by Gasteiger charge is 2.24. The SMILES string of the molecule is CCOc1ccccc1-c1ccc(C(=O)OC(=O)[C@H](CCC(N)=O)NCc2cc(OC)c(OC)c(OC)c2)cc1. The number of amides is 1. The highest BCUT2D eigenvalue weighted by molar-refractivity contribution is 5.98. The smallest absolute Gasteiger partial charge is 0.345 e. The third-order valence-electron chi connectivity index (χ3n) is 6.05. The average molecular weight is 551 g/mol. The van der Waals surface area contributed by atoms with Gasteiger partial charge in [-0.3, -0.25) is 4.79 Å². The van der Waals surface area contributed by atoms with Gasteiger partial charge in [0.25, 0.3) is 0 Å². The number of nitrogens with two attached hydrogens (primary N) is 1. The van der Waals surface area contributed by atoms with E-state index in [0.29, 0.717) is 29.4 Å². The van der Waals surface area contributed by atoms with Crippen LogP contribution in [0.3, 0.4) is 0 Å². The number of para-hydroxylation sites is 1. The van der Waals surface area contributed by atoms with Crippen LogP contribution in [0, 0.1) is 0 Å². The van der Waals surface area contributed by atoms with Crippen LogP contribution in [0.5, 0.6) is 23.0 Å². The number of rotatable bonds is 14. The van der Waals surface area contributed by atoms with Crippen molar-refractivity contribution in [3.8, 4) is 34.1 Å². The number of benzene rings is 3. The normalized spacial score (nSPS) is 11.3. The molecule has 40 heavy (non-hydrogen) atoms. The fourth-order valence-electron chi connectivity index (χ4n) is 4.06. The van der Waals surface area contributed by atoms with Crippen molar-refractivity contribution in [2.75, 3.05) is 27.9 Å². The molecular weight excluding hydrogens is 516 g/mol. The Balaban J connectivity index is 1.72. The number of esters is 2. The van der Waals surface area contributed by atoms with Crippen LogP contribution in [0.4, 0.5) is 0 Å². The van der Waals surface area contributed by atoms with Gasteiger partial charge in [-0.2, -0.15) is 0 Å². The number of methoxy groups -OCH3 is 3. The summed E-state index contributed by atoms with van der Waals surface area (Å²) < 4.78 is 26.9. The zero-order valence-electron chi connectivity index (χ0n) is 23.0. The summed E-state index contributed by atoms with van der Waals surface area (Å²) in [5.41, 5.74) is 7.93. The first-order chi connectivity index (χ1) is 19.3. The summed E-state index contributed by atoms with van der Waals surface area (Å²) in [6.45, 7) is 2.61. The Bertz CT molecular complexity index is 1300. The Morgan fingerprint density at radius 2 is 1.52 bits per heavy atom. The number of hydrogen-bond donors (Lipinski definition) is 2. The summed E-state index contributed by atoms with van der Waals surface area (Å²) in [4.78, 5) is 37.2. The number of carbonyl (C=O) groups excluding carboxylic acids is 3. The number of hydrogen-bond acceptors (Lipinski definition) is 9. The van der Waals surface area contributed by atoms with Gasteiger partial charge in [0.1, 0.15) is 11.8 Å². The Kier molecular flexibility index (Phi) is 10.9. The van der Waals surface area contributed by atoms with Crippen molar-refractivity contribution in [1.29, 1.82) is 0 Å². The number of ether oxygens (including phenoxy) is 5. The van der Waals surface area contributed by atoms with Gasteiger partial charge >= 0.3 is 11.9 Å². The molecule has 10 heteroatoms. The lowest BCUT2D eigenvalue weighted by Gasteiger charge is -2.18. The van der Waals surface area contributed by atoms with Crippen LogP contribution in [-0.4, -0.2) is 51.8 Å². The molecule has 0 aliphatic carbocycles. The minimum absolute atomic E-state index is 0.0407. The largest absolute Gasteiger partial charge is 0.493 e. The molecule has 3 N–H and O–H groups in total. The first-order valence-corrected chi connectivity index (χ1v) is 12.7. The van der Waals surface area contributed by atoms with E-state index < -0.39 is 23.9 Å². The van der Waals surface area contributed by atoms with Gasteiger partial charge in [0.2, 0.25) is 11.7 Å². The van der Waals surface area contributed by atoms with Gasteiger partial charge in [-0.15, -0.1) is 0 Å². The second-order valence-electron chi connectivity index (χ2n) is 8.69. The van der Waals surface area contributed by atoms with Gasteiger partial charge in [0.15, 0.2) is 11.5 Å². The second-order valence-corrected chi connectivity index (χ2v) is 8.69. The Morgan fingerprint density at radius 3 is 2.10 bits per heavy atom. The Hall–Kier alpha value is -4.57. The van der Waals surface area contributed by atoms with Gasteiger partial charge in [-0.1, -0.05) is 30.3 Å². The lowest BCUT2D eigenvalue weighted by atomic mass is 10.0. The maximum atomic E-state index is 13.0. The molecule has 10 nitrogen and oxygen atoms in total. The summed E-state index contributed by atoms with van der Waals surface area (Å²) in [6, 6.07) is 16.7. The van der Waals surface area contributed by atoms with Crippen LogP contribution in [0.1, 0.15) is 35.7 Å². The van der Waals surface area contributed by atoms with E-state index in [9.17, 15) is 14.4 Å². The standard InChI is InChI=1S/C30H34N2O8/c1-5-39-24-9-7-6-8-22(24)20-10-12-21(13-11-20)29(34)40-30(35)23(14-15-27(31)33)32-18-19-16-25(36-2)28(38-4)26(17-19)37-3/h6-13,16-17,23,32H,5,14-15,18H2,1-4H3,(H2,31,33)/t23-/m0/s1. The van der Waals surface area contributed by atoms with E-state index in [1.807, 2.05) is 31.2 Å². The molecule has 0 aliphatic heterocycles. The van der Waals surface area contributed by atoms with Crippen LogP contribution >= 0.6 is 0 Å². The summed E-state index contributed by atoms with van der Waals surface area (Å²) in [7, 11) is 4.49. The minimum Gasteiger partial charge on any atom is -0.493 e. The fraction of sp³-hybridized carbons (Fsp3) is 0.300. The van der Waals surface area contributed by atoms with Crippen LogP contribution in [-0.2, 0) is 20.9 Å². The van der Waals surface area contributed by atoms with Crippen LogP contribution in [0.2, 0.25) is 0 Å². The van der Waals surface area contributed by atoms with E-state index in [1.165, 1.54) is 21.3 Å². The molecule has 0 saturated heterocycles. The summed E-state index contributed by atoms with van der Waals surface area (Å²) in [6.07, 6.45) is -0.0385. The molecule has 0 aromatic heterocycles. The fourth-order valence-corrected chi connectivity index (χ4v) is 4.06. The van der Waals surface area contributed by atoms with E-state index in [4.69, 9.17) is 29.4 Å². The predicted molar refractivity (Wildman–Crippen MR) is 149 cm³/mol. The average Bonchev–Trinajstić information content (AvgIpc) is 2.96. The number of primary amides is 1. The summed E-state index contributed by atoms with van der Waals surface area (Å²) in [5, 5.41) is 3.04. The molecule has 0 unspecified atom stereocenters. The zero-order valence-corrected chi connectivity index (χ0v) is 23.0. The van der Waals surface area contributed by atoms with Crippen molar-refractivity contribution >= 4 is 17.8 Å². The van der Waals surface area contributed by atoms with Crippen molar-refractivity contribution in [3.05, 3.63) is 71.8 Å². The monoisotopic (exact) mass is 550 g/mol. The Morgan fingerprint density at radius 1 is 0.875 bits per heavy atom. The Labute approximate surface area is 233 Å². The molecule has 0 heterocycles. The van der Waals surface area contributed by atoms with Crippen LogP contribution < -0.4 is 30.0 Å². The molecule has 0 fully saturated rings. The first kappa shape index (κ1) is 30.0. The second kappa shape index (κ2) is 14.5. The van der Waals surface area contributed by atoms with Crippen molar-refractivity contribution in [3.63, 3.8) is 0 Å². The van der Waals surface area contributed by atoms with E-state index >= 15 is 0 Å². The highest BCUT2D eigenvalue weighted by Crippen LogP contribution is 2.38. The molecule has 0 saturated carbocycles. The van der Waals surface area contributed by atoms with Crippen molar-refractivity contribution in [2.45, 2.75) is 32.4 Å². The van der Waals surface area contributed by atoms with E-state index in [2.05, 4.69) is 5.32 Å². The lowest BCUT2D eigenvalue weighted by Crippen LogP contribution is -2.39. The topological polar surface area (TPSA) is 135 Å². The van der Waals surface area contributed by atoms with Gasteiger partial charge in [-0.05, 0) is 54.8 Å². The van der Waals surface area contributed by atoms with Crippen LogP contribution in [0.15, 0.2) is 60.7 Å². The van der Waals surface area contributed by atoms with Gasteiger partial charge in [-0.25, -0.2) is 9.59 Å². The molecular formula is C30H34N2O8. The van der Waals surface area contributed by atoms with E-state index in [-0.39, 0.29) is 24.9 Å². The maximum absolute atomic E-state index is 13.0. The number of nitrogens with one attached hydrogen (secondary N) is 1. The first-order valence-electron chi connectivity index (χ1n) is 12.7. The molecule has 3 rings (SSSR count). The molecule has 212 valence electrons. The van der Waals surface area contributed by atoms with Gasteiger partial charge < -0.3 is 34.7 Å². The molecule has 1 atom stereocenters. The lowest BCUT2D eigenvalue weighted by molar-refractivity contribution is -0.140. The van der Waals surface area contributed by atoms with Gasteiger partial charge in [0, 0.05) is 18.5 Å². The van der Waals surface area contributed by atoms with Crippen molar-refractivity contribution < 1.29 is 38.1 Å². The number of carbonyl (C=O) groups is 3. The molecule has 3 aromatic rings. The van der Waals surface area contributed by atoms with E-state index in [1.54, 1.807) is 36.4 Å². The van der Waals surface area contributed by atoms with Gasteiger partial charge in [0.05, 0.1) is 33.5 Å². The van der Waals surface area contributed by atoms with E-state index in [0.717, 1.165) is 16.9 Å². The van der Waals surface area contributed by atoms with Crippen molar-refractivity contribution in [2.24, 2.45) is 5.73 Å². The maximum Gasteiger partial charge on any atom is 0.345 e. The summed E-state index contributed by atoms with van der Waals surface area (Å²) in [5.74, 6) is -0.184. The molecule has 1 amide bonds. The molecule has 0 aliphatic rings.